The second-order valence-electron chi connectivity index (χ2n) is 5.55. The van der Waals surface area contributed by atoms with E-state index in [2.05, 4.69) is 10.4 Å². The van der Waals surface area contributed by atoms with Crippen LogP contribution in [0.25, 0.3) is 0 Å². The highest BCUT2D eigenvalue weighted by Gasteiger charge is 2.27. The molecule has 2 heterocycles. The zero-order chi connectivity index (χ0) is 16.6. The quantitative estimate of drug-likeness (QED) is 0.816. The molecule has 122 valence electrons. The van der Waals surface area contributed by atoms with Crippen LogP contribution in [0.15, 0.2) is 24.5 Å². The molecule has 1 aromatic heterocycles. The van der Waals surface area contributed by atoms with Crippen molar-refractivity contribution in [3.05, 3.63) is 46.5 Å². The molecule has 23 heavy (non-hydrogen) atoms. The number of amides is 1. The van der Waals surface area contributed by atoms with Crippen molar-refractivity contribution in [3.8, 4) is 0 Å². The fourth-order valence-electron chi connectivity index (χ4n) is 2.71. The van der Waals surface area contributed by atoms with Gasteiger partial charge >= 0.3 is 0 Å². The number of nitrogen functional groups attached to an aromatic ring is 1. The molecule has 0 bridgehead atoms. The Morgan fingerprint density at radius 1 is 1.52 bits per heavy atom. The maximum absolute atomic E-state index is 13.7. The molecule has 1 saturated heterocycles. The lowest BCUT2D eigenvalue weighted by Gasteiger charge is -2.33. The number of hydrogen-bond donors (Lipinski definition) is 2. The van der Waals surface area contributed by atoms with E-state index in [0.717, 1.165) is 11.6 Å². The summed E-state index contributed by atoms with van der Waals surface area (Å²) in [5.74, 6) is -1.00. The van der Waals surface area contributed by atoms with Crippen LogP contribution in [0.5, 0.6) is 0 Å². The van der Waals surface area contributed by atoms with Crippen LogP contribution in [0.1, 0.15) is 22.0 Å². The summed E-state index contributed by atoms with van der Waals surface area (Å²) >= 11 is 5.84. The molecule has 6 nitrogen and oxygen atoms in total. The SMILES string of the molecule is Cn1cc(C2CN(C(=O)c3cc(Cl)cc(F)c3N)CCN2)cn1. The maximum Gasteiger partial charge on any atom is 0.256 e. The fraction of sp³-hybridized carbons (Fsp3) is 0.333. The van der Waals surface area contributed by atoms with E-state index in [9.17, 15) is 9.18 Å². The lowest BCUT2D eigenvalue weighted by molar-refractivity contribution is 0.0703. The van der Waals surface area contributed by atoms with Gasteiger partial charge in [0.2, 0.25) is 0 Å². The lowest BCUT2D eigenvalue weighted by Crippen LogP contribution is -2.48. The first-order valence-corrected chi connectivity index (χ1v) is 7.59. The van der Waals surface area contributed by atoms with E-state index in [1.54, 1.807) is 15.8 Å². The number of nitrogens with two attached hydrogens (primary N) is 1. The predicted octanol–water partition coefficient (Wildman–Crippen LogP) is 1.58. The third-order valence-corrected chi connectivity index (χ3v) is 4.13. The summed E-state index contributed by atoms with van der Waals surface area (Å²) in [6.07, 6.45) is 3.66. The van der Waals surface area contributed by atoms with Crippen LogP contribution in [0.4, 0.5) is 10.1 Å². The molecule has 1 amide bonds. The monoisotopic (exact) mass is 337 g/mol. The van der Waals surface area contributed by atoms with E-state index in [1.165, 1.54) is 6.07 Å². The number of nitrogens with one attached hydrogen (secondary N) is 1. The third-order valence-electron chi connectivity index (χ3n) is 3.91. The number of carbonyl (C=O) groups excluding carboxylic acids is 1. The van der Waals surface area contributed by atoms with Crippen LogP contribution >= 0.6 is 11.6 Å². The molecule has 1 unspecified atom stereocenters. The number of benzene rings is 1. The summed E-state index contributed by atoms with van der Waals surface area (Å²) in [5.41, 5.74) is 6.62. The van der Waals surface area contributed by atoms with Gasteiger partial charge < -0.3 is 16.0 Å². The summed E-state index contributed by atoms with van der Waals surface area (Å²) in [7, 11) is 1.84. The molecule has 1 aliphatic heterocycles. The summed E-state index contributed by atoms with van der Waals surface area (Å²) in [5, 5.41) is 7.64. The van der Waals surface area contributed by atoms with Crippen molar-refractivity contribution < 1.29 is 9.18 Å². The zero-order valence-corrected chi connectivity index (χ0v) is 13.3. The van der Waals surface area contributed by atoms with Crippen LogP contribution < -0.4 is 11.1 Å². The van der Waals surface area contributed by atoms with Gasteiger partial charge in [-0.1, -0.05) is 11.6 Å². The number of aryl methyl sites for hydroxylation is 1. The van der Waals surface area contributed by atoms with Gasteiger partial charge in [-0.15, -0.1) is 0 Å². The van der Waals surface area contributed by atoms with Gasteiger partial charge in [0.25, 0.3) is 5.91 Å². The Bertz CT molecular complexity index is 747. The second-order valence-corrected chi connectivity index (χ2v) is 5.99. The molecule has 0 saturated carbocycles. The highest BCUT2D eigenvalue weighted by atomic mass is 35.5. The number of halogens is 2. The average Bonchev–Trinajstić information content (AvgIpc) is 2.97. The highest BCUT2D eigenvalue weighted by Crippen LogP contribution is 2.25. The molecule has 0 aliphatic carbocycles. The number of hydrogen-bond acceptors (Lipinski definition) is 4. The normalized spacial score (nSPS) is 18.2. The van der Waals surface area contributed by atoms with Crippen LogP contribution in [0.3, 0.4) is 0 Å². The molecular formula is C15H17ClFN5O. The third kappa shape index (κ3) is 3.16. The topological polar surface area (TPSA) is 76.2 Å². The Morgan fingerprint density at radius 2 is 2.30 bits per heavy atom. The maximum atomic E-state index is 13.7. The number of carbonyl (C=O) groups is 1. The molecule has 0 spiro atoms. The number of anilines is 1. The van der Waals surface area contributed by atoms with Gasteiger partial charge in [-0.2, -0.15) is 5.10 Å². The molecule has 8 heteroatoms. The van der Waals surface area contributed by atoms with Gasteiger partial charge in [-0.05, 0) is 12.1 Å². The molecule has 1 atom stereocenters. The number of aromatic nitrogens is 2. The minimum Gasteiger partial charge on any atom is -0.396 e. The van der Waals surface area contributed by atoms with Crippen molar-refractivity contribution in [2.75, 3.05) is 25.4 Å². The zero-order valence-electron chi connectivity index (χ0n) is 12.6. The van der Waals surface area contributed by atoms with Crippen molar-refractivity contribution in [3.63, 3.8) is 0 Å². The average molecular weight is 338 g/mol. The van der Waals surface area contributed by atoms with Crippen LogP contribution in [0, 0.1) is 5.82 Å². The lowest BCUT2D eigenvalue weighted by atomic mass is 10.1. The minimum absolute atomic E-state index is 0.0216. The largest absolute Gasteiger partial charge is 0.396 e. The molecule has 1 fully saturated rings. The number of nitrogens with zero attached hydrogens (tertiary/aromatic N) is 3. The van der Waals surface area contributed by atoms with E-state index >= 15 is 0 Å². The summed E-state index contributed by atoms with van der Waals surface area (Å²) < 4.78 is 15.4. The first-order chi connectivity index (χ1) is 11.0. The number of rotatable bonds is 2. The van der Waals surface area contributed by atoms with Crippen molar-refractivity contribution in [1.29, 1.82) is 0 Å². The smallest absolute Gasteiger partial charge is 0.256 e. The first-order valence-electron chi connectivity index (χ1n) is 7.21. The molecule has 1 aromatic carbocycles. The van der Waals surface area contributed by atoms with Crippen molar-refractivity contribution in [2.45, 2.75) is 6.04 Å². The van der Waals surface area contributed by atoms with Crippen LogP contribution in [-0.2, 0) is 7.05 Å². The molecule has 0 radical (unpaired) electrons. The van der Waals surface area contributed by atoms with Gasteiger partial charge in [0.05, 0.1) is 23.5 Å². The van der Waals surface area contributed by atoms with Gasteiger partial charge in [0.1, 0.15) is 5.82 Å². The first kappa shape index (κ1) is 15.8. The Morgan fingerprint density at radius 3 is 3.00 bits per heavy atom. The summed E-state index contributed by atoms with van der Waals surface area (Å²) in [6.45, 7) is 1.61. The van der Waals surface area contributed by atoms with Crippen molar-refractivity contribution in [2.24, 2.45) is 7.05 Å². The Balaban J connectivity index is 1.82. The van der Waals surface area contributed by atoms with Crippen molar-refractivity contribution in [1.82, 2.24) is 20.0 Å². The van der Waals surface area contributed by atoms with Gasteiger partial charge in [0.15, 0.2) is 0 Å². The van der Waals surface area contributed by atoms with Crippen LogP contribution in [0.2, 0.25) is 5.02 Å². The molecular weight excluding hydrogens is 321 g/mol. The van der Waals surface area contributed by atoms with Gasteiger partial charge in [-0.25, -0.2) is 4.39 Å². The number of piperazine rings is 1. The second kappa shape index (κ2) is 6.17. The molecule has 2 aromatic rings. The molecule has 3 rings (SSSR count). The van der Waals surface area contributed by atoms with E-state index in [-0.39, 0.29) is 28.2 Å². The predicted molar refractivity (Wildman–Crippen MR) is 85.7 cm³/mol. The van der Waals surface area contributed by atoms with Gasteiger partial charge in [0, 0.05) is 43.5 Å². The summed E-state index contributed by atoms with van der Waals surface area (Å²) in [4.78, 5) is 14.3. The molecule has 3 N–H and O–H groups in total. The highest BCUT2D eigenvalue weighted by molar-refractivity contribution is 6.31. The van der Waals surface area contributed by atoms with E-state index in [4.69, 9.17) is 17.3 Å². The standard InChI is InChI=1S/C15H17ClFN5O/c1-21-7-9(6-20-21)13-8-22(3-2-19-13)15(23)11-4-10(16)5-12(17)14(11)18/h4-7,13,19H,2-3,8,18H2,1H3. The van der Waals surface area contributed by atoms with Crippen LogP contribution in [-0.4, -0.2) is 40.2 Å². The summed E-state index contributed by atoms with van der Waals surface area (Å²) in [6, 6.07) is 2.49. The van der Waals surface area contributed by atoms with Gasteiger partial charge in [-0.3, -0.25) is 9.48 Å². The fourth-order valence-corrected chi connectivity index (χ4v) is 2.91. The Hall–Kier alpha value is -2.12. The Labute approximate surface area is 138 Å². The van der Waals surface area contributed by atoms with E-state index in [1.807, 2.05) is 13.2 Å². The van der Waals surface area contributed by atoms with E-state index < -0.39 is 5.82 Å². The Kier molecular flexibility index (Phi) is 4.23. The molecule has 1 aliphatic rings. The minimum atomic E-state index is -0.681. The van der Waals surface area contributed by atoms with E-state index in [0.29, 0.717) is 19.6 Å². The van der Waals surface area contributed by atoms with Crippen molar-refractivity contribution >= 4 is 23.2 Å².